The molecule has 18 heavy (non-hydrogen) atoms. The molecular weight excluding hydrogens is 294 g/mol. The molecule has 1 amide bonds. The van der Waals surface area contributed by atoms with Crippen LogP contribution in [-0.2, 0) is 11.3 Å². The van der Waals surface area contributed by atoms with Crippen molar-refractivity contribution in [1.82, 2.24) is 5.32 Å². The third kappa shape index (κ3) is 3.71. The molecular formula is C13H20BrN3O. The Morgan fingerprint density at radius 2 is 2.22 bits per heavy atom. The molecule has 0 fully saturated rings. The number of carbonyl (C=O) groups is 1. The number of nitrogens with zero attached hydrogens (tertiary/aromatic N) is 1. The van der Waals surface area contributed by atoms with E-state index in [1.54, 1.807) is 7.05 Å². The molecule has 5 heteroatoms. The quantitative estimate of drug-likeness (QED) is 0.843. The van der Waals surface area contributed by atoms with Gasteiger partial charge >= 0.3 is 0 Å². The number of hydrogen-bond donors (Lipinski definition) is 2. The monoisotopic (exact) mass is 313 g/mol. The molecule has 1 aromatic rings. The third-order valence-corrected chi connectivity index (χ3v) is 3.49. The summed E-state index contributed by atoms with van der Waals surface area (Å²) in [5.41, 5.74) is 7.85. The van der Waals surface area contributed by atoms with Crippen LogP contribution in [0.25, 0.3) is 0 Å². The van der Waals surface area contributed by atoms with Gasteiger partial charge in [0, 0.05) is 35.9 Å². The van der Waals surface area contributed by atoms with Gasteiger partial charge in [-0.2, -0.15) is 0 Å². The highest BCUT2D eigenvalue weighted by Gasteiger charge is 2.14. The van der Waals surface area contributed by atoms with Gasteiger partial charge in [-0.25, -0.2) is 0 Å². The first-order chi connectivity index (χ1) is 8.63. The van der Waals surface area contributed by atoms with E-state index in [2.05, 4.69) is 33.1 Å². The van der Waals surface area contributed by atoms with Gasteiger partial charge in [0.2, 0.25) is 5.91 Å². The Morgan fingerprint density at radius 1 is 1.50 bits per heavy atom. The van der Waals surface area contributed by atoms with Crippen molar-refractivity contribution in [3.63, 3.8) is 0 Å². The minimum absolute atomic E-state index is 0.00592. The second kappa shape index (κ2) is 7.38. The second-order valence-electron chi connectivity index (χ2n) is 4.04. The Balaban J connectivity index is 3.04. The van der Waals surface area contributed by atoms with Crippen LogP contribution in [0.1, 0.15) is 18.9 Å². The average molecular weight is 314 g/mol. The van der Waals surface area contributed by atoms with Gasteiger partial charge in [-0.3, -0.25) is 4.79 Å². The number of rotatable bonds is 6. The van der Waals surface area contributed by atoms with Crippen LogP contribution in [0.15, 0.2) is 22.7 Å². The summed E-state index contributed by atoms with van der Waals surface area (Å²) >= 11 is 3.50. The van der Waals surface area contributed by atoms with Gasteiger partial charge in [-0.1, -0.05) is 28.9 Å². The molecule has 0 saturated carbocycles. The molecule has 1 rings (SSSR count). The van der Waals surface area contributed by atoms with E-state index >= 15 is 0 Å². The number of amides is 1. The van der Waals surface area contributed by atoms with Crippen LogP contribution in [0, 0.1) is 0 Å². The van der Waals surface area contributed by atoms with Crippen molar-refractivity contribution in [2.75, 3.05) is 25.0 Å². The molecule has 0 aliphatic heterocycles. The molecule has 0 bridgehead atoms. The highest BCUT2D eigenvalue weighted by Crippen LogP contribution is 2.27. The molecule has 1 aromatic carbocycles. The van der Waals surface area contributed by atoms with E-state index in [0.717, 1.165) is 28.7 Å². The first-order valence-corrected chi connectivity index (χ1v) is 6.86. The molecule has 0 atom stereocenters. The maximum Gasteiger partial charge on any atom is 0.239 e. The minimum atomic E-state index is 0.00592. The van der Waals surface area contributed by atoms with Gasteiger partial charge in [-0.05, 0) is 18.6 Å². The standard InChI is InChI=1S/C13H20BrN3O/c1-3-7-17(9-13(18)16-2)12-6-4-5-11(14)10(12)8-15/h4-6H,3,7-9,15H2,1-2H3,(H,16,18). The van der Waals surface area contributed by atoms with Crippen LogP contribution in [-0.4, -0.2) is 26.0 Å². The van der Waals surface area contributed by atoms with E-state index in [1.165, 1.54) is 0 Å². The second-order valence-corrected chi connectivity index (χ2v) is 4.89. The van der Waals surface area contributed by atoms with Crippen molar-refractivity contribution >= 4 is 27.5 Å². The fraction of sp³-hybridized carbons (Fsp3) is 0.462. The highest BCUT2D eigenvalue weighted by molar-refractivity contribution is 9.10. The van der Waals surface area contributed by atoms with Crippen LogP contribution < -0.4 is 16.0 Å². The van der Waals surface area contributed by atoms with E-state index in [1.807, 2.05) is 18.2 Å². The fourth-order valence-electron chi connectivity index (χ4n) is 1.85. The first-order valence-electron chi connectivity index (χ1n) is 6.07. The van der Waals surface area contributed by atoms with Gasteiger partial charge in [0.25, 0.3) is 0 Å². The largest absolute Gasteiger partial charge is 0.362 e. The van der Waals surface area contributed by atoms with Crippen LogP contribution in [0.4, 0.5) is 5.69 Å². The molecule has 0 saturated heterocycles. The van der Waals surface area contributed by atoms with Gasteiger partial charge in [-0.15, -0.1) is 0 Å². The molecule has 0 spiro atoms. The summed E-state index contributed by atoms with van der Waals surface area (Å²) in [7, 11) is 1.65. The molecule has 3 N–H and O–H groups in total. The van der Waals surface area contributed by atoms with Crippen LogP contribution >= 0.6 is 15.9 Å². The Morgan fingerprint density at radius 3 is 2.78 bits per heavy atom. The lowest BCUT2D eigenvalue weighted by molar-refractivity contribution is -0.119. The van der Waals surface area contributed by atoms with Crippen LogP contribution in [0.3, 0.4) is 0 Å². The molecule has 0 aliphatic carbocycles. The lowest BCUT2D eigenvalue weighted by Gasteiger charge is -2.26. The topological polar surface area (TPSA) is 58.4 Å². The number of hydrogen-bond acceptors (Lipinski definition) is 3. The summed E-state index contributed by atoms with van der Waals surface area (Å²) in [5.74, 6) is 0.00592. The average Bonchev–Trinajstić information content (AvgIpc) is 2.37. The molecule has 0 heterocycles. The lowest BCUT2D eigenvalue weighted by Crippen LogP contribution is -2.36. The smallest absolute Gasteiger partial charge is 0.239 e. The van der Waals surface area contributed by atoms with Gasteiger partial charge < -0.3 is 16.0 Å². The fourth-order valence-corrected chi connectivity index (χ4v) is 2.37. The summed E-state index contributed by atoms with van der Waals surface area (Å²) < 4.78 is 0.987. The summed E-state index contributed by atoms with van der Waals surface area (Å²) in [6.45, 7) is 3.73. The van der Waals surface area contributed by atoms with Crippen LogP contribution in [0.2, 0.25) is 0 Å². The van der Waals surface area contributed by atoms with Crippen molar-refractivity contribution in [3.8, 4) is 0 Å². The molecule has 0 radical (unpaired) electrons. The van der Waals surface area contributed by atoms with Crippen molar-refractivity contribution in [1.29, 1.82) is 0 Å². The Bertz CT molecular complexity index is 409. The molecule has 0 aliphatic rings. The van der Waals surface area contributed by atoms with Crippen LogP contribution in [0.5, 0.6) is 0 Å². The number of nitrogens with two attached hydrogens (primary N) is 1. The number of carbonyl (C=O) groups excluding carboxylic acids is 1. The summed E-state index contributed by atoms with van der Waals surface area (Å²) in [6.07, 6.45) is 0.980. The van der Waals surface area contributed by atoms with Crippen molar-refractivity contribution in [2.24, 2.45) is 5.73 Å². The van der Waals surface area contributed by atoms with E-state index in [-0.39, 0.29) is 5.91 Å². The zero-order chi connectivity index (χ0) is 13.5. The first kappa shape index (κ1) is 15.0. The molecule has 0 aromatic heterocycles. The maximum absolute atomic E-state index is 11.6. The molecule has 4 nitrogen and oxygen atoms in total. The SMILES string of the molecule is CCCN(CC(=O)NC)c1cccc(Br)c1CN. The third-order valence-electron chi connectivity index (χ3n) is 2.75. The van der Waals surface area contributed by atoms with Crippen molar-refractivity contribution in [2.45, 2.75) is 19.9 Å². The van der Waals surface area contributed by atoms with E-state index in [9.17, 15) is 4.79 Å². The van der Waals surface area contributed by atoms with Gasteiger partial charge in [0.05, 0.1) is 6.54 Å². The van der Waals surface area contributed by atoms with E-state index in [0.29, 0.717) is 13.1 Å². The zero-order valence-electron chi connectivity index (χ0n) is 10.9. The lowest BCUT2D eigenvalue weighted by atomic mass is 10.1. The maximum atomic E-state index is 11.6. The predicted molar refractivity (Wildman–Crippen MR) is 78.6 cm³/mol. The van der Waals surface area contributed by atoms with E-state index < -0.39 is 0 Å². The van der Waals surface area contributed by atoms with Gasteiger partial charge in [0.1, 0.15) is 0 Å². The minimum Gasteiger partial charge on any atom is -0.362 e. The zero-order valence-corrected chi connectivity index (χ0v) is 12.5. The van der Waals surface area contributed by atoms with Gasteiger partial charge in [0.15, 0.2) is 0 Å². The molecule has 100 valence electrons. The summed E-state index contributed by atoms with van der Waals surface area (Å²) in [6, 6.07) is 5.94. The van der Waals surface area contributed by atoms with Crippen molar-refractivity contribution < 1.29 is 4.79 Å². The normalized spacial score (nSPS) is 10.2. The number of benzene rings is 1. The Kier molecular flexibility index (Phi) is 6.15. The number of anilines is 1. The molecule has 0 unspecified atom stereocenters. The van der Waals surface area contributed by atoms with E-state index in [4.69, 9.17) is 5.73 Å². The van der Waals surface area contributed by atoms with Crippen molar-refractivity contribution in [3.05, 3.63) is 28.2 Å². The number of halogens is 1. The number of likely N-dealkylation sites (N-methyl/N-ethyl adjacent to an activating group) is 1. The summed E-state index contributed by atoms with van der Waals surface area (Å²) in [4.78, 5) is 13.6. The summed E-state index contributed by atoms with van der Waals surface area (Å²) in [5, 5.41) is 2.65. The Hall–Kier alpha value is -1.07. The number of nitrogens with one attached hydrogen (secondary N) is 1. The predicted octanol–water partition coefficient (Wildman–Crippen LogP) is 1.87. The Labute approximate surface area is 117 Å². The highest BCUT2D eigenvalue weighted by atomic mass is 79.9.